The monoisotopic (exact) mass is 437 g/mol. The highest BCUT2D eigenvalue weighted by Gasteiger charge is 2.16. The zero-order valence-corrected chi connectivity index (χ0v) is 19.0. The molecule has 2 N–H and O–H groups in total. The van der Waals surface area contributed by atoms with Crippen molar-refractivity contribution < 1.29 is 9.59 Å². The number of carbonyl (C=O) groups excluding carboxylic acids is 2. The number of aromatic nitrogens is 3. The normalized spacial score (nSPS) is 10.9. The van der Waals surface area contributed by atoms with Crippen LogP contribution < -0.4 is 10.6 Å². The molecule has 0 atom stereocenters. The number of nitrogens with zero attached hydrogens (tertiary/aromatic N) is 3. The fourth-order valence-electron chi connectivity index (χ4n) is 3.08. The van der Waals surface area contributed by atoms with Crippen molar-refractivity contribution in [2.75, 3.05) is 11.1 Å². The summed E-state index contributed by atoms with van der Waals surface area (Å²) in [5, 5.41) is 15.0. The van der Waals surface area contributed by atoms with Crippen LogP contribution >= 0.6 is 11.8 Å². The zero-order chi connectivity index (χ0) is 22.4. The van der Waals surface area contributed by atoms with Crippen molar-refractivity contribution in [3.05, 3.63) is 59.7 Å². The molecule has 0 bridgehead atoms. The van der Waals surface area contributed by atoms with E-state index in [1.54, 1.807) is 24.3 Å². The maximum atomic E-state index is 12.4. The highest BCUT2D eigenvalue weighted by Crippen LogP contribution is 2.26. The molecular weight excluding hydrogens is 410 g/mol. The second kappa shape index (κ2) is 10.3. The van der Waals surface area contributed by atoms with E-state index in [0.29, 0.717) is 23.0 Å². The molecule has 0 aliphatic heterocycles. The summed E-state index contributed by atoms with van der Waals surface area (Å²) < 4.78 is 2.02. The molecule has 2 amide bonds. The third kappa shape index (κ3) is 5.73. The number of amides is 2. The minimum absolute atomic E-state index is 0.0698. The van der Waals surface area contributed by atoms with Crippen molar-refractivity contribution in [2.45, 2.75) is 45.4 Å². The second-order valence-corrected chi connectivity index (χ2v) is 8.35. The van der Waals surface area contributed by atoms with E-state index in [0.717, 1.165) is 17.0 Å². The molecular formula is C23H27N5O2S. The van der Waals surface area contributed by atoms with Gasteiger partial charge in [0.05, 0.1) is 5.75 Å². The van der Waals surface area contributed by atoms with Crippen LogP contribution in [-0.2, 0) is 11.3 Å². The van der Waals surface area contributed by atoms with E-state index >= 15 is 0 Å². The number of anilines is 1. The second-order valence-electron chi connectivity index (χ2n) is 7.41. The summed E-state index contributed by atoms with van der Waals surface area (Å²) in [5.74, 6) is 0.736. The van der Waals surface area contributed by atoms with Gasteiger partial charge in [0.1, 0.15) is 0 Å². The average molecular weight is 438 g/mol. The molecule has 0 aliphatic rings. The van der Waals surface area contributed by atoms with Crippen LogP contribution in [0.4, 0.5) is 5.69 Å². The van der Waals surface area contributed by atoms with E-state index in [2.05, 4.69) is 20.8 Å². The molecule has 3 rings (SSSR count). The van der Waals surface area contributed by atoms with Crippen LogP contribution in [-0.4, -0.2) is 38.4 Å². The van der Waals surface area contributed by atoms with Gasteiger partial charge in [-0.25, -0.2) is 0 Å². The lowest BCUT2D eigenvalue weighted by Crippen LogP contribution is -2.30. The first kappa shape index (κ1) is 22.6. The smallest absolute Gasteiger partial charge is 0.251 e. The molecule has 1 heterocycles. The van der Waals surface area contributed by atoms with Gasteiger partial charge in [0.25, 0.3) is 5.91 Å². The SMILES string of the molecule is CCn1c(SCC(=O)Nc2ccc(C(=O)NC(C)C)cc2)nnc1-c1ccccc1C. The molecule has 0 fully saturated rings. The molecule has 2 aromatic carbocycles. The van der Waals surface area contributed by atoms with Gasteiger partial charge < -0.3 is 15.2 Å². The van der Waals surface area contributed by atoms with Crippen molar-refractivity contribution in [3.8, 4) is 11.4 Å². The molecule has 0 aliphatic carbocycles. The molecule has 162 valence electrons. The van der Waals surface area contributed by atoms with Crippen LogP contribution in [0.3, 0.4) is 0 Å². The number of rotatable bonds is 8. The first-order valence-corrected chi connectivity index (χ1v) is 11.2. The third-order valence-electron chi connectivity index (χ3n) is 4.60. The van der Waals surface area contributed by atoms with Crippen LogP contribution in [0.2, 0.25) is 0 Å². The molecule has 0 spiro atoms. The van der Waals surface area contributed by atoms with Crippen molar-refractivity contribution in [2.24, 2.45) is 0 Å². The van der Waals surface area contributed by atoms with E-state index in [-0.39, 0.29) is 23.6 Å². The maximum Gasteiger partial charge on any atom is 0.251 e. The number of nitrogens with one attached hydrogen (secondary N) is 2. The highest BCUT2D eigenvalue weighted by atomic mass is 32.2. The van der Waals surface area contributed by atoms with E-state index in [4.69, 9.17) is 0 Å². The Morgan fingerprint density at radius 2 is 1.77 bits per heavy atom. The molecule has 0 saturated carbocycles. The van der Waals surface area contributed by atoms with Crippen molar-refractivity contribution in [1.29, 1.82) is 0 Å². The lowest BCUT2D eigenvalue weighted by molar-refractivity contribution is -0.113. The van der Waals surface area contributed by atoms with Crippen molar-refractivity contribution >= 4 is 29.3 Å². The van der Waals surface area contributed by atoms with Crippen LogP contribution in [0.1, 0.15) is 36.7 Å². The van der Waals surface area contributed by atoms with Gasteiger partial charge >= 0.3 is 0 Å². The van der Waals surface area contributed by atoms with Gasteiger partial charge in [-0.15, -0.1) is 10.2 Å². The van der Waals surface area contributed by atoms with Gasteiger partial charge in [0.2, 0.25) is 5.91 Å². The van der Waals surface area contributed by atoms with Crippen LogP contribution in [0.15, 0.2) is 53.7 Å². The summed E-state index contributed by atoms with van der Waals surface area (Å²) >= 11 is 1.35. The quantitative estimate of drug-likeness (QED) is 0.517. The van der Waals surface area contributed by atoms with E-state index in [1.807, 2.05) is 56.5 Å². The van der Waals surface area contributed by atoms with Crippen molar-refractivity contribution in [1.82, 2.24) is 20.1 Å². The number of aryl methyl sites for hydroxylation is 1. The maximum absolute atomic E-state index is 12.4. The lowest BCUT2D eigenvalue weighted by atomic mass is 10.1. The van der Waals surface area contributed by atoms with Crippen LogP contribution in [0.25, 0.3) is 11.4 Å². The molecule has 1 aromatic heterocycles. The summed E-state index contributed by atoms with van der Waals surface area (Å²) in [6, 6.07) is 15.0. The molecule has 0 unspecified atom stereocenters. The Morgan fingerprint density at radius 3 is 2.42 bits per heavy atom. The van der Waals surface area contributed by atoms with Gasteiger partial charge in [-0.2, -0.15) is 0 Å². The van der Waals surface area contributed by atoms with Gasteiger partial charge in [0.15, 0.2) is 11.0 Å². The number of hydrogen-bond acceptors (Lipinski definition) is 5. The molecule has 31 heavy (non-hydrogen) atoms. The Kier molecular flexibility index (Phi) is 7.46. The zero-order valence-electron chi connectivity index (χ0n) is 18.2. The Labute approximate surface area is 186 Å². The minimum atomic E-state index is -0.146. The van der Waals surface area contributed by atoms with E-state index in [9.17, 15) is 9.59 Å². The summed E-state index contributed by atoms with van der Waals surface area (Å²) in [6.45, 7) is 8.61. The average Bonchev–Trinajstić information content (AvgIpc) is 3.15. The standard InChI is InChI=1S/C23H27N5O2S/c1-5-28-21(19-9-7-6-8-16(19)4)26-27-23(28)31-14-20(29)25-18-12-10-17(11-13-18)22(30)24-15(2)3/h6-13,15H,5,14H2,1-4H3,(H,24,30)(H,25,29). The summed E-state index contributed by atoms with van der Waals surface area (Å²) in [4.78, 5) is 24.4. The van der Waals surface area contributed by atoms with E-state index in [1.165, 1.54) is 11.8 Å². The largest absolute Gasteiger partial charge is 0.350 e. The van der Waals surface area contributed by atoms with Crippen LogP contribution in [0, 0.1) is 6.92 Å². The predicted octanol–water partition coefficient (Wildman–Crippen LogP) is 4.14. The summed E-state index contributed by atoms with van der Waals surface area (Å²) in [5.41, 5.74) is 3.37. The number of thioether (sulfide) groups is 1. The first-order chi connectivity index (χ1) is 14.9. The fourth-order valence-corrected chi connectivity index (χ4v) is 3.88. The number of benzene rings is 2. The Bertz CT molecular complexity index is 1060. The van der Waals surface area contributed by atoms with Gasteiger partial charge in [0, 0.05) is 29.4 Å². The minimum Gasteiger partial charge on any atom is -0.350 e. The molecule has 0 saturated heterocycles. The van der Waals surface area contributed by atoms with Gasteiger partial charge in [-0.3, -0.25) is 9.59 Å². The summed E-state index contributed by atoms with van der Waals surface area (Å²) in [6.07, 6.45) is 0. The Morgan fingerprint density at radius 1 is 1.06 bits per heavy atom. The highest BCUT2D eigenvalue weighted by molar-refractivity contribution is 7.99. The molecule has 7 nitrogen and oxygen atoms in total. The fraction of sp³-hybridized carbons (Fsp3) is 0.304. The van der Waals surface area contributed by atoms with Gasteiger partial charge in [-0.1, -0.05) is 36.0 Å². The van der Waals surface area contributed by atoms with Crippen LogP contribution in [0.5, 0.6) is 0 Å². The summed E-state index contributed by atoms with van der Waals surface area (Å²) in [7, 11) is 0. The van der Waals surface area contributed by atoms with Crippen molar-refractivity contribution in [3.63, 3.8) is 0 Å². The first-order valence-electron chi connectivity index (χ1n) is 10.2. The molecule has 3 aromatic rings. The predicted molar refractivity (Wildman–Crippen MR) is 124 cm³/mol. The Balaban J connectivity index is 1.61. The molecule has 0 radical (unpaired) electrons. The Hall–Kier alpha value is -3.13. The number of hydrogen-bond donors (Lipinski definition) is 2. The topological polar surface area (TPSA) is 88.9 Å². The molecule has 8 heteroatoms. The third-order valence-corrected chi connectivity index (χ3v) is 5.57. The van der Waals surface area contributed by atoms with E-state index < -0.39 is 0 Å². The van der Waals surface area contributed by atoms with Gasteiger partial charge in [-0.05, 0) is 57.5 Å². The number of carbonyl (C=O) groups is 2. The lowest BCUT2D eigenvalue weighted by Gasteiger charge is -2.10.